The Morgan fingerprint density at radius 2 is 1.81 bits per heavy atom. The van der Waals surface area contributed by atoms with Crippen LogP contribution in [0.15, 0.2) is 76.1 Å². The van der Waals surface area contributed by atoms with Gasteiger partial charge in [-0.15, -0.1) is 0 Å². The summed E-state index contributed by atoms with van der Waals surface area (Å²) in [5, 5.41) is 0.337. The summed E-state index contributed by atoms with van der Waals surface area (Å²) < 4.78 is 5.79. The first kappa shape index (κ1) is 17.6. The van der Waals surface area contributed by atoms with Crippen LogP contribution in [-0.4, -0.2) is 16.0 Å². The van der Waals surface area contributed by atoms with E-state index in [1.807, 2.05) is 48.5 Å². The van der Waals surface area contributed by atoms with Crippen LogP contribution in [0.5, 0.6) is 0 Å². The van der Waals surface area contributed by atoms with Gasteiger partial charge in [0.1, 0.15) is 11.5 Å². The zero-order valence-corrected chi connectivity index (χ0v) is 15.7. The summed E-state index contributed by atoms with van der Waals surface area (Å²) in [5.41, 5.74) is 1.75. The summed E-state index contributed by atoms with van der Waals surface area (Å²) in [4.78, 5) is 26.4. The molecule has 0 aliphatic carbocycles. The summed E-state index contributed by atoms with van der Waals surface area (Å²) in [7, 11) is 0. The minimum absolute atomic E-state index is 0.259. The van der Waals surface area contributed by atoms with Gasteiger partial charge in [0, 0.05) is 16.7 Å². The highest BCUT2D eigenvalue weighted by Crippen LogP contribution is 2.34. The number of benzene rings is 2. The Balaban J connectivity index is 1.54. The molecule has 0 N–H and O–H groups in total. The number of hydrogen-bond donors (Lipinski definition) is 0. The lowest BCUT2D eigenvalue weighted by Crippen LogP contribution is -2.27. The molecule has 0 spiro atoms. The first-order valence-corrected chi connectivity index (χ1v) is 9.45. The molecule has 0 bridgehead atoms. The van der Waals surface area contributed by atoms with Gasteiger partial charge in [0.2, 0.25) is 0 Å². The minimum Gasteiger partial charge on any atom is -0.457 e. The number of carbonyl (C=O) groups is 2. The van der Waals surface area contributed by atoms with Gasteiger partial charge in [0.15, 0.2) is 0 Å². The molecule has 6 heteroatoms. The molecule has 2 heterocycles. The third-order valence-electron chi connectivity index (χ3n) is 4.07. The Morgan fingerprint density at radius 3 is 2.59 bits per heavy atom. The van der Waals surface area contributed by atoms with E-state index < -0.39 is 0 Å². The zero-order chi connectivity index (χ0) is 18.8. The number of furan rings is 1. The van der Waals surface area contributed by atoms with Gasteiger partial charge in [-0.25, -0.2) is 0 Å². The molecule has 3 aromatic rings. The largest absolute Gasteiger partial charge is 0.457 e. The van der Waals surface area contributed by atoms with Crippen LogP contribution in [0.25, 0.3) is 17.4 Å². The fourth-order valence-electron chi connectivity index (χ4n) is 2.76. The van der Waals surface area contributed by atoms with E-state index in [0.29, 0.717) is 21.4 Å². The Kier molecular flexibility index (Phi) is 4.88. The molecule has 1 aliphatic rings. The topological polar surface area (TPSA) is 50.5 Å². The number of thioether (sulfide) groups is 1. The van der Waals surface area contributed by atoms with Crippen molar-refractivity contribution in [3.63, 3.8) is 0 Å². The second-order valence-electron chi connectivity index (χ2n) is 5.97. The van der Waals surface area contributed by atoms with Gasteiger partial charge in [-0.2, -0.15) is 0 Å². The molecule has 0 atom stereocenters. The normalized spacial score (nSPS) is 15.7. The van der Waals surface area contributed by atoms with Crippen LogP contribution in [0.1, 0.15) is 11.3 Å². The van der Waals surface area contributed by atoms with E-state index >= 15 is 0 Å². The van der Waals surface area contributed by atoms with Crippen molar-refractivity contribution in [2.24, 2.45) is 0 Å². The van der Waals surface area contributed by atoms with Crippen molar-refractivity contribution in [3.8, 4) is 11.3 Å². The summed E-state index contributed by atoms with van der Waals surface area (Å²) in [6, 6.07) is 20.3. The van der Waals surface area contributed by atoms with Crippen molar-refractivity contribution < 1.29 is 14.0 Å². The van der Waals surface area contributed by atoms with E-state index in [2.05, 4.69) is 0 Å². The van der Waals surface area contributed by atoms with Gasteiger partial charge in [-0.1, -0.05) is 54.1 Å². The molecule has 1 aromatic heterocycles. The number of rotatable bonds is 4. The Labute approximate surface area is 165 Å². The summed E-state index contributed by atoms with van der Waals surface area (Å²) in [6.45, 7) is 0.259. The molecule has 134 valence electrons. The standard InChI is InChI=1S/C21H14ClNO3S/c22-16-8-4-7-15(11-16)18-10-9-17(26-18)12-19-20(24)23(21(25)27-19)13-14-5-2-1-3-6-14/h1-12H,13H2/b19-12-. The molecule has 27 heavy (non-hydrogen) atoms. The second kappa shape index (κ2) is 7.47. The Morgan fingerprint density at radius 1 is 1.00 bits per heavy atom. The summed E-state index contributed by atoms with van der Waals surface area (Å²) in [6.07, 6.45) is 1.60. The SMILES string of the molecule is O=C1S/C(=C\c2ccc(-c3cccc(Cl)c3)o2)C(=O)N1Cc1ccccc1. The van der Waals surface area contributed by atoms with E-state index in [4.69, 9.17) is 16.0 Å². The summed E-state index contributed by atoms with van der Waals surface area (Å²) >= 11 is 6.93. The lowest BCUT2D eigenvalue weighted by atomic mass is 10.2. The van der Waals surface area contributed by atoms with Gasteiger partial charge in [0.25, 0.3) is 11.1 Å². The maximum atomic E-state index is 12.6. The molecular formula is C21H14ClNO3S. The maximum Gasteiger partial charge on any atom is 0.293 e. The zero-order valence-electron chi connectivity index (χ0n) is 14.1. The molecule has 1 fully saturated rings. The first-order chi connectivity index (χ1) is 13.1. The van der Waals surface area contributed by atoms with Crippen molar-refractivity contribution >= 4 is 40.6 Å². The van der Waals surface area contributed by atoms with Crippen LogP contribution in [0.4, 0.5) is 4.79 Å². The number of imide groups is 1. The Hall–Kier alpha value is -2.76. The molecule has 0 radical (unpaired) electrons. The van der Waals surface area contributed by atoms with Crippen molar-refractivity contribution in [3.05, 3.63) is 88.0 Å². The van der Waals surface area contributed by atoms with Gasteiger partial charge in [0.05, 0.1) is 11.4 Å². The molecule has 1 aliphatic heterocycles. The van der Waals surface area contributed by atoms with E-state index in [1.54, 1.807) is 24.3 Å². The van der Waals surface area contributed by atoms with E-state index in [9.17, 15) is 9.59 Å². The lowest BCUT2D eigenvalue weighted by molar-refractivity contribution is -0.123. The van der Waals surface area contributed by atoms with Gasteiger partial charge in [-0.3, -0.25) is 14.5 Å². The number of hydrogen-bond acceptors (Lipinski definition) is 4. The van der Waals surface area contributed by atoms with Crippen molar-refractivity contribution in [2.45, 2.75) is 6.54 Å². The van der Waals surface area contributed by atoms with E-state index in [0.717, 1.165) is 22.9 Å². The van der Waals surface area contributed by atoms with Gasteiger partial charge < -0.3 is 4.42 Å². The third kappa shape index (κ3) is 3.84. The highest BCUT2D eigenvalue weighted by Gasteiger charge is 2.35. The smallest absolute Gasteiger partial charge is 0.293 e. The van der Waals surface area contributed by atoms with Crippen molar-refractivity contribution in [2.75, 3.05) is 0 Å². The van der Waals surface area contributed by atoms with Crippen molar-refractivity contribution in [1.82, 2.24) is 4.90 Å². The van der Waals surface area contributed by atoms with Crippen LogP contribution in [0, 0.1) is 0 Å². The lowest BCUT2D eigenvalue weighted by Gasteiger charge is -2.11. The van der Waals surface area contributed by atoms with Crippen LogP contribution >= 0.6 is 23.4 Å². The molecule has 1 saturated heterocycles. The monoisotopic (exact) mass is 395 g/mol. The van der Waals surface area contributed by atoms with E-state index in [1.165, 1.54) is 4.90 Å². The molecule has 0 unspecified atom stereocenters. The number of nitrogens with zero attached hydrogens (tertiary/aromatic N) is 1. The molecule has 0 saturated carbocycles. The van der Waals surface area contributed by atoms with E-state index in [-0.39, 0.29) is 17.7 Å². The Bertz CT molecular complexity index is 1040. The van der Waals surface area contributed by atoms with Gasteiger partial charge in [-0.05, 0) is 41.6 Å². The number of amides is 2. The predicted octanol–water partition coefficient (Wildman–Crippen LogP) is 5.84. The molecule has 4 rings (SSSR count). The number of carbonyl (C=O) groups excluding carboxylic acids is 2. The number of halogens is 1. The highest BCUT2D eigenvalue weighted by molar-refractivity contribution is 8.18. The molecule has 2 aromatic carbocycles. The average molecular weight is 396 g/mol. The second-order valence-corrected chi connectivity index (χ2v) is 7.40. The van der Waals surface area contributed by atoms with Crippen LogP contribution in [-0.2, 0) is 11.3 Å². The fourth-order valence-corrected chi connectivity index (χ4v) is 3.77. The molecule has 4 nitrogen and oxygen atoms in total. The first-order valence-electron chi connectivity index (χ1n) is 8.25. The quantitative estimate of drug-likeness (QED) is 0.521. The molecular weight excluding hydrogens is 382 g/mol. The molecule has 2 amide bonds. The van der Waals surface area contributed by atoms with Crippen LogP contribution in [0.3, 0.4) is 0 Å². The van der Waals surface area contributed by atoms with Crippen LogP contribution < -0.4 is 0 Å². The minimum atomic E-state index is -0.311. The summed E-state index contributed by atoms with van der Waals surface area (Å²) in [5.74, 6) is 0.844. The predicted molar refractivity (Wildman–Crippen MR) is 107 cm³/mol. The van der Waals surface area contributed by atoms with Gasteiger partial charge >= 0.3 is 0 Å². The van der Waals surface area contributed by atoms with Crippen LogP contribution in [0.2, 0.25) is 5.02 Å². The van der Waals surface area contributed by atoms with Crippen molar-refractivity contribution in [1.29, 1.82) is 0 Å². The highest BCUT2D eigenvalue weighted by atomic mass is 35.5. The third-order valence-corrected chi connectivity index (χ3v) is 5.21. The average Bonchev–Trinajstić information content (AvgIpc) is 3.23. The maximum absolute atomic E-state index is 12.6. The fraction of sp³-hybridized carbons (Fsp3) is 0.0476.